The topological polar surface area (TPSA) is 66.5 Å². The van der Waals surface area contributed by atoms with Crippen LogP contribution in [0.4, 0.5) is 5.69 Å². The van der Waals surface area contributed by atoms with Gasteiger partial charge in [0.15, 0.2) is 0 Å². The van der Waals surface area contributed by atoms with Crippen molar-refractivity contribution in [3.8, 4) is 0 Å². The second-order valence-corrected chi connectivity index (χ2v) is 10.3. The minimum absolute atomic E-state index is 0.276. The lowest BCUT2D eigenvalue weighted by molar-refractivity contribution is -0.122. The Morgan fingerprint density at radius 3 is 2.14 bits per heavy atom. The third kappa shape index (κ3) is 6.78. The van der Waals surface area contributed by atoms with Gasteiger partial charge in [-0.15, -0.1) is 11.8 Å². The van der Waals surface area contributed by atoms with Crippen LogP contribution in [0.25, 0.3) is 0 Å². The predicted octanol–water partition coefficient (Wildman–Crippen LogP) is 4.06. The molecule has 1 atom stereocenters. The SMILES string of the molecule is CC[C@@H](C(=O)NCCSc1ccc(C)cc1)N(c1cc(C)cc(C)c1)S(C)(=O)=O. The molecule has 2 aromatic rings. The van der Waals surface area contributed by atoms with E-state index in [1.54, 1.807) is 23.9 Å². The highest BCUT2D eigenvalue weighted by Crippen LogP contribution is 2.25. The van der Waals surface area contributed by atoms with Gasteiger partial charge in [-0.3, -0.25) is 9.10 Å². The fraction of sp³-hybridized carbons (Fsp3) is 0.409. The zero-order chi connectivity index (χ0) is 21.6. The van der Waals surface area contributed by atoms with Gasteiger partial charge in [-0.25, -0.2) is 8.42 Å². The number of aryl methyl sites for hydroxylation is 3. The molecule has 0 aliphatic rings. The van der Waals surface area contributed by atoms with E-state index in [4.69, 9.17) is 0 Å². The van der Waals surface area contributed by atoms with E-state index in [2.05, 4.69) is 29.6 Å². The van der Waals surface area contributed by atoms with Crippen LogP contribution in [-0.2, 0) is 14.8 Å². The molecule has 1 amide bonds. The number of nitrogens with one attached hydrogen (secondary N) is 1. The molecule has 158 valence electrons. The van der Waals surface area contributed by atoms with E-state index in [1.165, 1.54) is 9.87 Å². The van der Waals surface area contributed by atoms with E-state index in [-0.39, 0.29) is 5.91 Å². The molecule has 2 aromatic carbocycles. The normalized spacial score (nSPS) is 12.4. The van der Waals surface area contributed by atoms with Crippen molar-refractivity contribution in [2.24, 2.45) is 0 Å². The van der Waals surface area contributed by atoms with Gasteiger partial charge in [0, 0.05) is 17.2 Å². The largest absolute Gasteiger partial charge is 0.353 e. The fourth-order valence-electron chi connectivity index (χ4n) is 3.23. The highest BCUT2D eigenvalue weighted by atomic mass is 32.2. The number of carbonyl (C=O) groups excluding carboxylic acids is 1. The molecular formula is C22H30N2O3S2. The summed E-state index contributed by atoms with van der Waals surface area (Å²) in [5.74, 6) is 0.440. The fourth-order valence-corrected chi connectivity index (χ4v) is 5.20. The molecule has 0 aromatic heterocycles. The molecule has 0 unspecified atom stereocenters. The summed E-state index contributed by atoms with van der Waals surface area (Å²) in [5, 5.41) is 2.90. The summed E-state index contributed by atoms with van der Waals surface area (Å²) in [6.07, 6.45) is 1.53. The number of carbonyl (C=O) groups is 1. The van der Waals surface area contributed by atoms with Crippen molar-refractivity contribution in [3.63, 3.8) is 0 Å². The molecule has 29 heavy (non-hydrogen) atoms. The van der Waals surface area contributed by atoms with Crippen molar-refractivity contribution < 1.29 is 13.2 Å². The van der Waals surface area contributed by atoms with E-state index >= 15 is 0 Å². The van der Waals surface area contributed by atoms with Crippen LogP contribution in [0.15, 0.2) is 47.4 Å². The number of benzene rings is 2. The quantitative estimate of drug-likeness (QED) is 0.477. The zero-order valence-corrected chi connectivity index (χ0v) is 19.4. The summed E-state index contributed by atoms with van der Waals surface area (Å²) < 4.78 is 26.3. The molecule has 0 fully saturated rings. The van der Waals surface area contributed by atoms with Gasteiger partial charge >= 0.3 is 0 Å². The molecule has 2 rings (SSSR count). The molecule has 0 heterocycles. The van der Waals surface area contributed by atoms with Crippen LogP contribution < -0.4 is 9.62 Å². The van der Waals surface area contributed by atoms with Crippen molar-refractivity contribution >= 4 is 33.4 Å². The van der Waals surface area contributed by atoms with Crippen LogP contribution in [0, 0.1) is 20.8 Å². The van der Waals surface area contributed by atoms with Crippen molar-refractivity contribution in [1.29, 1.82) is 0 Å². The maximum absolute atomic E-state index is 12.8. The first-order valence-electron chi connectivity index (χ1n) is 9.66. The van der Waals surface area contributed by atoms with Gasteiger partial charge in [-0.2, -0.15) is 0 Å². The van der Waals surface area contributed by atoms with Crippen molar-refractivity contribution in [2.45, 2.75) is 45.1 Å². The number of nitrogens with zero attached hydrogens (tertiary/aromatic N) is 1. The van der Waals surface area contributed by atoms with Crippen molar-refractivity contribution in [2.75, 3.05) is 22.9 Å². The first-order chi connectivity index (χ1) is 13.6. The van der Waals surface area contributed by atoms with Crippen LogP contribution in [0.1, 0.15) is 30.0 Å². The number of thioether (sulfide) groups is 1. The van der Waals surface area contributed by atoms with Gasteiger partial charge in [-0.05, 0) is 62.6 Å². The van der Waals surface area contributed by atoms with E-state index in [9.17, 15) is 13.2 Å². The van der Waals surface area contributed by atoms with E-state index in [0.29, 0.717) is 24.4 Å². The molecule has 0 aliphatic heterocycles. The predicted molar refractivity (Wildman–Crippen MR) is 122 cm³/mol. The molecule has 0 spiro atoms. The lowest BCUT2D eigenvalue weighted by Crippen LogP contribution is -2.49. The monoisotopic (exact) mass is 434 g/mol. The maximum atomic E-state index is 12.8. The van der Waals surface area contributed by atoms with E-state index in [0.717, 1.165) is 22.3 Å². The van der Waals surface area contributed by atoms with E-state index in [1.807, 2.05) is 33.8 Å². The minimum Gasteiger partial charge on any atom is -0.353 e. The second-order valence-electron chi connectivity index (χ2n) is 7.28. The minimum atomic E-state index is -3.62. The van der Waals surface area contributed by atoms with Gasteiger partial charge in [0.25, 0.3) is 0 Å². The first kappa shape index (κ1) is 23.3. The highest BCUT2D eigenvalue weighted by molar-refractivity contribution is 7.99. The third-order valence-corrected chi connectivity index (χ3v) is 6.68. The number of anilines is 1. The Bertz CT molecular complexity index is 921. The Hall–Kier alpha value is -1.99. The molecule has 1 N–H and O–H groups in total. The smallest absolute Gasteiger partial charge is 0.243 e. The summed E-state index contributed by atoms with van der Waals surface area (Å²) in [5.41, 5.74) is 3.65. The first-order valence-corrected chi connectivity index (χ1v) is 12.5. The third-order valence-electron chi connectivity index (χ3n) is 4.48. The summed E-state index contributed by atoms with van der Waals surface area (Å²) >= 11 is 1.66. The lowest BCUT2D eigenvalue weighted by atomic mass is 10.1. The Balaban J connectivity index is 2.08. The molecule has 0 aliphatic carbocycles. The molecular weight excluding hydrogens is 404 g/mol. The van der Waals surface area contributed by atoms with Crippen LogP contribution in [0.5, 0.6) is 0 Å². The molecule has 5 nitrogen and oxygen atoms in total. The van der Waals surface area contributed by atoms with Gasteiger partial charge in [0.2, 0.25) is 15.9 Å². The number of amides is 1. The van der Waals surface area contributed by atoms with Crippen molar-refractivity contribution in [1.82, 2.24) is 5.32 Å². The Kier molecular flexibility index (Phi) is 8.16. The number of rotatable bonds is 9. The van der Waals surface area contributed by atoms with Gasteiger partial charge in [-0.1, -0.05) is 30.7 Å². The van der Waals surface area contributed by atoms with Gasteiger partial charge < -0.3 is 5.32 Å². The van der Waals surface area contributed by atoms with Crippen LogP contribution in [-0.4, -0.2) is 38.9 Å². The average Bonchev–Trinajstić information content (AvgIpc) is 2.62. The Morgan fingerprint density at radius 1 is 1.03 bits per heavy atom. The molecule has 0 bridgehead atoms. The lowest BCUT2D eigenvalue weighted by Gasteiger charge is -2.30. The molecule has 0 saturated carbocycles. The highest BCUT2D eigenvalue weighted by Gasteiger charge is 2.31. The molecule has 0 saturated heterocycles. The molecule has 7 heteroatoms. The number of hydrogen-bond donors (Lipinski definition) is 1. The standard InChI is InChI=1S/C22H30N2O3S2/c1-6-21(22(25)23-11-12-28-20-9-7-16(2)8-10-20)24(29(5,26)27)19-14-17(3)13-18(4)15-19/h7-10,13-15,21H,6,11-12H2,1-5H3,(H,23,25)/t21-/m0/s1. The van der Waals surface area contributed by atoms with E-state index < -0.39 is 16.1 Å². The Labute approximate surface area is 178 Å². The van der Waals surface area contributed by atoms with Crippen LogP contribution >= 0.6 is 11.8 Å². The number of hydrogen-bond acceptors (Lipinski definition) is 4. The zero-order valence-electron chi connectivity index (χ0n) is 17.7. The maximum Gasteiger partial charge on any atom is 0.243 e. The molecule has 0 radical (unpaired) electrons. The van der Waals surface area contributed by atoms with Crippen LogP contribution in [0.3, 0.4) is 0 Å². The van der Waals surface area contributed by atoms with Crippen molar-refractivity contribution in [3.05, 3.63) is 59.2 Å². The summed E-state index contributed by atoms with van der Waals surface area (Å²) in [4.78, 5) is 14.0. The second kappa shape index (κ2) is 10.2. The Morgan fingerprint density at radius 2 is 1.62 bits per heavy atom. The summed E-state index contributed by atoms with van der Waals surface area (Å²) in [6, 6.07) is 13.0. The average molecular weight is 435 g/mol. The van der Waals surface area contributed by atoms with Crippen LogP contribution in [0.2, 0.25) is 0 Å². The summed E-state index contributed by atoms with van der Waals surface area (Å²) in [7, 11) is -3.62. The van der Waals surface area contributed by atoms with Gasteiger partial charge in [0.1, 0.15) is 6.04 Å². The number of sulfonamides is 1. The van der Waals surface area contributed by atoms with Gasteiger partial charge in [0.05, 0.1) is 11.9 Å². The summed E-state index contributed by atoms with van der Waals surface area (Å²) in [6.45, 7) is 8.17.